The molecule has 1 N–H and O–H groups in total. The van der Waals surface area contributed by atoms with Gasteiger partial charge in [0, 0.05) is 17.7 Å². The molecule has 0 aliphatic rings. The standard InChI is InChI=1S/C17H21N3O5/c1-12-7-15(24-3)16(25-4)8-13(12)9-18(2)11-19-10-14(20(22)23)5-6-17(19)21/h5-8,10H,9,11H2,1-4H3/p+1. The molecule has 0 aliphatic carbocycles. The van der Waals surface area contributed by atoms with E-state index in [2.05, 4.69) is 0 Å². The zero-order chi connectivity index (χ0) is 18.6. The molecule has 1 unspecified atom stereocenters. The minimum atomic E-state index is -0.510. The van der Waals surface area contributed by atoms with Crippen LogP contribution in [0.25, 0.3) is 0 Å². The molecule has 1 aromatic heterocycles. The predicted octanol–water partition coefficient (Wildman–Crippen LogP) is 0.755. The van der Waals surface area contributed by atoms with Gasteiger partial charge in [-0.2, -0.15) is 0 Å². The van der Waals surface area contributed by atoms with Gasteiger partial charge in [0.05, 0.1) is 32.4 Å². The Morgan fingerprint density at radius 1 is 1.20 bits per heavy atom. The number of ether oxygens (including phenoxy) is 2. The molecular weight excluding hydrogens is 326 g/mol. The van der Waals surface area contributed by atoms with Crippen molar-refractivity contribution in [2.45, 2.75) is 20.1 Å². The highest BCUT2D eigenvalue weighted by Gasteiger charge is 2.14. The number of rotatable bonds is 7. The molecule has 0 bridgehead atoms. The van der Waals surface area contributed by atoms with Gasteiger partial charge in [-0.25, -0.2) is 0 Å². The summed E-state index contributed by atoms with van der Waals surface area (Å²) < 4.78 is 12.0. The van der Waals surface area contributed by atoms with Crippen molar-refractivity contribution in [3.8, 4) is 11.5 Å². The number of aromatic nitrogens is 1. The van der Waals surface area contributed by atoms with E-state index in [1.165, 1.54) is 22.9 Å². The zero-order valence-corrected chi connectivity index (χ0v) is 14.7. The molecule has 1 aromatic carbocycles. The minimum absolute atomic E-state index is 0.102. The summed E-state index contributed by atoms with van der Waals surface area (Å²) in [6.07, 6.45) is 1.27. The van der Waals surface area contributed by atoms with Gasteiger partial charge in [0.1, 0.15) is 6.54 Å². The molecule has 0 spiro atoms. The second-order valence-corrected chi connectivity index (χ2v) is 5.88. The SMILES string of the molecule is COc1cc(C)c(C[NH+](C)Cn2cc([N+](=O)[O-])ccc2=O)cc1OC. The van der Waals surface area contributed by atoms with E-state index in [9.17, 15) is 14.9 Å². The molecule has 8 heteroatoms. The van der Waals surface area contributed by atoms with Crippen molar-refractivity contribution < 1.29 is 19.3 Å². The zero-order valence-electron chi connectivity index (χ0n) is 14.7. The molecular formula is C17H22N3O5+. The van der Waals surface area contributed by atoms with E-state index < -0.39 is 4.92 Å². The highest BCUT2D eigenvalue weighted by molar-refractivity contribution is 5.46. The lowest BCUT2D eigenvalue weighted by atomic mass is 10.1. The molecule has 0 saturated carbocycles. The van der Waals surface area contributed by atoms with E-state index in [1.807, 2.05) is 26.1 Å². The highest BCUT2D eigenvalue weighted by Crippen LogP contribution is 2.29. The second-order valence-electron chi connectivity index (χ2n) is 5.88. The number of nitrogens with one attached hydrogen (secondary N) is 1. The number of hydrogen-bond acceptors (Lipinski definition) is 5. The van der Waals surface area contributed by atoms with Crippen LogP contribution in [0.15, 0.2) is 35.3 Å². The fourth-order valence-electron chi connectivity index (χ4n) is 2.64. The Hall–Kier alpha value is -2.87. The number of pyridine rings is 1. The van der Waals surface area contributed by atoms with Gasteiger partial charge >= 0.3 is 0 Å². The fourth-order valence-corrected chi connectivity index (χ4v) is 2.64. The molecule has 134 valence electrons. The number of quaternary nitrogens is 1. The van der Waals surface area contributed by atoms with Crippen molar-refractivity contribution in [1.29, 1.82) is 0 Å². The first-order chi connectivity index (χ1) is 11.8. The van der Waals surface area contributed by atoms with E-state index in [4.69, 9.17) is 9.47 Å². The van der Waals surface area contributed by atoms with Gasteiger partial charge in [-0.05, 0) is 24.6 Å². The molecule has 0 amide bonds. The Labute approximate surface area is 145 Å². The average molecular weight is 348 g/mol. The first-order valence-electron chi connectivity index (χ1n) is 7.73. The van der Waals surface area contributed by atoms with Crippen molar-refractivity contribution in [2.75, 3.05) is 21.3 Å². The smallest absolute Gasteiger partial charge is 0.285 e. The summed E-state index contributed by atoms with van der Waals surface area (Å²) in [5.41, 5.74) is 1.72. The van der Waals surface area contributed by atoms with Crippen LogP contribution in [-0.4, -0.2) is 30.8 Å². The first-order valence-corrected chi connectivity index (χ1v) is 7.73. The molecule has 1 atom stereocenters. The lowest BCUT2D eigenvalue weighted by Crippen LogP contribution is -3.07. The van der Waals surface area contributed by atoms with Crippen molar-refractivity contribution in [1.82, 2.24) is 4.57 Å². The van der Waals surface area contributed by atoms with Gasteiger partial charge < -0.3 is 14.4 Å². The van der Waals surface area contributed by atoms with E-state index in [0.29, 0.717) is 24.7 Å². The minimum Gasteiger partial charge on any atom is -0.493 e. The summed E-state index contributed by atoms with van der Waals surface area (Å²) in [7, 11) is 5.08. The quantitative estimate of drug-likeness (QED) is 0.589. The predicted molar refractivity (Wildman–Crippen MR) is 92.2 cm³/mol. The van der Waals surface area contributed by atoms with Gasteiger partial charge in [0.25, 0.3) is 11.2 Å². The van der Waals surface area contributed by atoms with Gasteiger partial charge in [-0.1, -0.05) is 0 Å². The molecule has 1 heterocycles. The molecule has 0 aliphatic heterocycles. The van der Waals surface area contributed by atoms with Crippen LogP contribution in [0.5, 0.6) is 11.5 Å². The third-order valence-corrected chi connectivity index (χ3v) is 3.95. The van der Waals surface area contributed by atoms with Gasteiger partial charge in [-0.3, -0.25) is 19.5 Å². The Kier molecular flexibility index (Phi) is 5.76. The van der Waals surface area contributed by atoms with Crippen molar-refractivity contribution in [3.63, 3.8) is 0 Å². The molecule has 8 nitrogen and oxygen atoms in total. The van der Waals surface area contributed by atoms with Gasteiger partial charge in [0.2, 0.25) is 0 Å². The summed E-state index contributed by atoms with van der Waals surface area (Å²) in [6, 6.07) is 6.24. The van der Waals surface area contributed by atoms with Crippen LogP contribution in [0.3, 0.4) is 0 Å². The normalized spacial score (nSPS) is 11.8. The second kappa shape index (κ2) is 7.80. The number of nitrogens with zero attached hydrogens (tertiary/aromatic N) is 2. The third-order valence-electron chi connectivity index (χ3n) is 3.95. The summed E-state index contributed by atoms with van der Waals surface area (Å²) in [6.45, 7) is 2.92. The van der Waals surface area contributed by atoms with Gasteiger partial charge in [-0.15, -0.1) is 0 Å². The van der Waals surface area contributed by atoms with Crippen LogP contribution >= 0.6 is 0 Å². The molecule has 0 radical (unpaired) electrons. The lowest BCUT2D eigenvalue weighted by molar-refractivity contribution is -0.917. The number of benzene rings is 1. The molecule has 0 saturated heterocycles. The maximum atomic E-state index is 11.9. The Balaban J connectivity index is 2.21. The van der Waals surface area contributed by atoms with Gasteiger partial charge in [0.15, 0.2) is 18.2 Å². The van der Waals surface area contributed by atoms with Crippen LogP contribution in [0.2, 0.25) is 0 Å². The van der Waals surface area contributed by atoms with Crippen LogP contribution in [0.4, 0.5) is 5.69 Å². The summed E-state index contributed by atoms with van der Waals surface area (Å²) in [5, 5.41) is 10.9. The molecule has 2 rings (SSSR count). The van der Waals surface area contributed by atoms with E-state index in [1.54, 1.807) is 14.2 Å². The maximum absolute atomic E-state index is 11.9. The average Bonchev–Trinajstić information content (AvgIpc) is 2.57. The Morgan fingerprint density at radius 2 is 1.84 bits per heavy atom. The molecule has 2 aromatic rings. The molecule has 0 fully saturated rings. The van der Waals surface area contributed by atoms with Crippen LogP contribution < -0.4 is 19.9 Å². The fraction of sp³-hybridized carbons (Fsp3) is 0.353. The number of nitro groups is 1. The summed E-state index contributed by atoms with van der Waals surface area (Å²) in [5.74, 6) is 1.31. The lowest BCUT2D eigenvalue weighted by Gasteiger charge is -2.18. The van der Waals surface area contributed by atoms with E-state index in [-0.39, 0.29) is 11.2 Å². The topological polar surface area (TPSA) is 88.0 Å². The van der Waals surface area contributed by atoms with Crippen LogP contribution in [-0.2, 0) is 13.2 Å². The van der Waals surface area contributed by atoms with Crippen molar-refractivity contribution in [2.24, 2.45) is 0 Å². The van der Waals surface area contributed by atoms with E-state index in [0.717, 1.165) is 16.0 Å². The van der Waals surface area contributed by atoms with Crippen molar-refractivity contribution in [3.05, 3.63) is 62.1 Å². The van der Waals surface area contributed by atoms with E-state index >= 15 is 0 Å². The Morgan fingerprint density at radius 3 is 2.44 bits per heavy atom. The number of aryl methyl sites for hydroxylation is 1. The highest BCUT2D eigenvalue weighted by atomic mass is 16.6. The Bertz CT molecular complexity index is 832. The molecule has 25 heavy (non-hydrogen) atoms. The van der Waals surface area contributed by atoms with Crippen LogP contribution in [0, 0.1) is 17.0 Å². The first kappa shape index (κ1) is 18.5. The number of hydrogen-bond donors (Lipinski definition) is 1. The van der Waals surface area contributed by atoms with Crippen molar-refractivity contribution >= 4 is 5.69 Å². The largest absolute Gasteiger partial charge is 0.493 e. The summed E-state index contributed by atoms with van der Waals surface area (Å²) in [4.78, 5) is 23.3. The monoisotopic (exact) mass is 348 g/mol. The number of methoxy groups -OCH3 is 2. The summed E-state index contributed by atoms with van der Waals surface area (Å²) >= 11 is 0. The third kappa shape index (κ3) is 4.36. The maximum Gasteiger partial charge on any atom is 0.285 e. The van der Waals surface area contributed by atoms with Crippen LogP contribution in [0.1, 0.15) is 11.1 Å².